The van der Waals surface area contributed by atoms with Crippen LogP contribution >= 0.6 is 0 Å². The first-order valence-corrected chi connectivity index (χ1v) is 7.83. The van der Waals surface area contributed by atoms with E-state index in [1.807, 2.05) is 18.2 Å². The fourth-order valence-electron chi connectivity index (χ4n) is 3.54. The van der Waals surface area contributed by atoms with Crippen LogP contribution in [0.5, 0.6) is 0 Å². The van der Waals surface area contributed by atoms with Gasteiger partial charge in [0.2, 0.25) is 0 Å². The average Bonchev–Trinajstić information content (AvgIpc) is 2.94. The van der Waals surface area contributed by atoms with Gasteiger partial charge in [-0.2, -0.15) is 0 Å². The van der Waals surface area contributed by atoms with E-state index in [4.69, 9.17) is 4.74 Å². The molecular formula is C17H22N2O3. The highest BCUT2D eigenvalue weighted by atomic mass is 16.6. The largest absolute Gasteiger partial charge is 0.443 e. The Hall–Kier alpha value is -1.88. The molecule has 0 radical (unpaired) electrons. The Balaban J connectivity index is 1.66. The number of ketones is 1. The Morgan fingerprint density at radius 1 is 1.32 bits per heavy atom. The first-order valence-electron chi connectivity index (χ1n) is 7.83. The van der Waals surface area contributed by atoms with E-state index in [1.165, 1.54) is 0 Å². The zero-order valence-corrected chi connectivity index (χ0v) is 12.9. The molecule has 2 saturated heterocycles. The number of piperidine rings is 1. The molecule has 0 unspecified atom stereocenters. The van der Waals surface area contributed by atoms with E-state index in [0.29, 0.717) is 6.54 Å². The number of benzene rings is 1. The molecule has 118 valence electrons. The fraction of sp³-hybridized carbons (Fsp3) is 0.529. The number of Topliss-reactive ketones (excluding diaryl/α,β-unsaturated/α-hetero) is 1. The lowest BCUT2D eigenvalue weighted by atomic mass is 9.70. The molecule has 5 nitrogen and oxygen atoms in total. The summed E-state index contributed by atoms with van der Waals surface area (Å²) in [7, 11) is 0. The predicted molar refractivity (Wildman–Crippen MR) is 82.7 cm³/mol. The molecule has 3 rings (SSSR count). The molecule has 1 aromatic rings. The minimum Gasteiger partial charge on any atom is -0.443 e. The van der Waals surface area contributed by atoms with E-state index in [-0.39, 0.29) is 23.4 Å². The molecule has 1 atom stereocenters. The van der Waals surface area contributed by atoms with Gasteiger partial charge in [-0.05, 0) is 38.4 Å². The van der Waals surface area contributed by atoms with Gasteiger partial charge >= 0.3 is 6.09 Å². The molecule has 0 aromatic heterocycles. The van der Waals surface area contributed by atoms with Crippen LogP contribution in [0.3, 0.4) is 0 Å². The molecule has 1 N–H and O–H groups in total. The molecule has 5 heteroatoms. The van der Waals surface area contributed by atoms with Crippen molar-refractivity contribution in [2.45, 2.75) is 31.3 Å². The molecule has 2 fully saturated rings. The average molecular weight is 302 g/mol. The van der Waals surface area contributed by atoms with Crippen LogP contribution in [-0.2, 0) is 14.9 Å². The van der Waals surface area contributed by atoms with Crippen LogP contribution in [0.4, 0.5) is 4.79 Å². The zero-order valence-electron chi connectivity index (χ0n) is 12.9. The van der Waals surface area contributed by atoms with Crippen molar-refractivity contribution in [3.63, 3.8) is 0 Å². The van der Waals surface area contributed by atoms with Gasteiger partial charge in [-0.15, -0.1) is 0 Å². The van der Waals surface area contributed by atoms with Gasteiger partial charge in [0.1, 0.15) is 11.9 Å². The van der Waals surface area contributed by atoms with Crippen LogP contribution in [0.2, 0.25) is 0 Å². The lowest BCUT2D eigenvalue weighted by Crippen LogP contribution is -2.48. The van der Waals surface area contributed by atoms with Crippen molar-refractivity contribution < 1.29 is 14.3 Å². The van der Waals surface area contributed by atoms with E-state index in [9.17, 15) is 9.59 Å². The topological polar surface area (TPSA) is 58.6 Å². The first-order chi connectivity index (χ1) is 10.6. The number of ether oxygens (including phenoxy) is 1. The zero-order chi connectivity index (χ0) is 15.6. The number of likely N-dealkylation sites (tertiary alicyclic amines) is 1. The molecule has 1 aromatic carbocycles. The SMILES string of the molecule is CC(=O)C1(c2ccccc2)CCN(C[C@H]2CNC(=O)O2)CC1. The molecule has 0 spiro atoms. The molecule has 0 saturated carbocycles. The fourth-order valence-corrected chi connectivity index (χ4v) is 3.54. The first kappa shape index (κ1) is 15.0. The van der Waals surface area contributed by atoms with Crippen LogP contribution in [0.25, 0.3) is 0 Å². The van der Waals surface area contributed by atoms with E-state index >= 15 is 0 Å². The lowest BCUT2D eigenvalue weighted by molar-refractivity contribution is -0.124. The van der Waals surface area contributed by atoms with E-state index < -0.39 is 0 Å². The van der Waals surface area contributed by atoms with Crippen LogP contribution in [-0.4, -0.2) is 49.1 Å². The monoisotopic (exact) mass is 302 g/mol. The standard InChI is InChI=1S/C17H22N2O3/c1-13(20)17(14-5-3-2-4-6-14)7-9-19(10-8-17)12-15-11-18-16(21)22-15/h2-6,15H,7-12H2,1H3,(H,18,21)/t15-/m1/s1. The van der Waals surface area contributed by atoms with Crippen molar-refractivity contribution in [2.75, 3.05) is 26.2 Å². The number of nitrogens with zero attached hydrogens (tertiary/aromatic N) is 1. The van der Waals surface area contributed by atoms with Gasteiger partial charge < -0.3 is 10.1 Å². The van der Waals surface area contributed by atoms with Gasteiger partial charge in [-0.3, -0.25) is 9.69 Å². The third-order valence-electron chi connectivity index (χ3n) is 4.92. The van der Waals surface area contributed by atoms with Crippen molar-refractivity contribution in [1.29, 1.82) is 0 Å². The molecule has 2 aliphatic rings. The number of hydrogen-bond donors (Lipinski definition) is 1. The van der Waals surface area contributed by atoms with E-state index in [1.54, 1.807) is 6.92 Å². The molecule has 0 aliphatic carbocycles. The van der Waals surface area contributed by atoms with Crippen molar-refractivity contribution in [3.8, 4) is 0 Å². The number of rotatable bonds is 4. The smallest absolute Gasteiger partial charge is 0.407 e. The Bertz CT molecular complexity index is 550. The maximum atomic E-state index is 12.3. The summed E-state index contributed by atoms with van der Waals surface area (Å²) in [4.78, 5) is 25.7. The van der Waals surface area contributed by atoms with Crippen molar-refractivity contribution in [3.05, 3.63) is 35.9 Å². The number of carbonyl (C=O) groups excluding carboxylic acids is 2. The number of carbonyl (C=O) groups is 2. The van der Waals surface area contributed by atoms with Gasteiger partial charge in [-0.1, -0.05) is 30.3 Å². The maximum Gasteiger partial charge on any atom is 0.407 e. The second-order valence-electron chi connectivity index (χ2n) is 6.21. The summed E-state index contributed by atoms with van der Waals surface area (Å²) in [6.45, 7) is 4.71. The van der Waals surface area contributed by atoms with Gasteiger partial charge in [0.25, 0.3) is 0 Å². The van der Waals surface area contributed by atoms with Gasteiger partial charge in [0, 0.05) is 6.54 Å². The minimum atomic E-state index is -0.359. The molecule has 1 amide bonds. The second-order valence-corrected chi connectivity index (χ2v) is 6.21. The second kappa shape index (κ2) is 6.08. The van der Waals surface area contributed by atoms with Crippen LogP contribution < -0.4 is 5.32 Å². The van der Waals surface area contributed by atoms with Crippen molar-refractivity contribution in [2.24, 2.45) is 0 Å². The summed E-state index contributed by atoms with van der Waals surface area (Å²) in [5.74, 6) is 0.243. The van der Waals surface area contributed by atoms with Gasteiger partial charge in [0.15, 0.2) is 0 Å². The van der Waals surface area contributed by atoms with Gasteiger partial charge in [-0.25, -0.2) is 4.79 Å². The van der Waals surface area contributed by atoms with Gasteiger partial charge in [0.05, 0.1) is 12.0 Å². The number of nitrogens with one attached hydrogen (secondary N) is 1. The third-order valence-corrected chi connectivity index (χ3v) is 4.92. The van der Waals surface area contributed by atoms with Crippen molar-refractivity contribution >= 4 is 11.9 Å². The highest BCUT2D eigenvalue weighted by molar-refractivity contribution is 5.88. The summed E-state index contributed by atoms with van der Waals surface area (Å²) in [6, 6.07) is 10.1. The highest BCUT2D eigenvalue weighted by Crippen LogP contribution is 2.36. The minimum absolute atomic E-state index is 0.0750. The normalized spacial score (nSPS) is 24.6. The number of amides is 1. The quantitative estimate of drug-likeness (QED) is 0.920. The summed E-state index contributed by atoms with van der Waals surface area (Å²) in [5, 5.41) is 2.68. The summed E-state index contributed by atoms with van der Waals surface area (Å²) in [5.41, 5.74) is 0.763. The summed E-state index contributed by atoms with van der Waals surface area (Å²) >= 11 is 0. The van der Waals surface area contributed by atoms with Crippen LogP contribution in [0.1, 0.15) is 25.3 Å². The Morgan fingerprint density at radius 3 is 2.55 bits per heavy atom. The van der Waals surface area contributed by atoms with Crippen LogP contribution in [0.15, 0.2) is 30.3 Å². The maximum absolute atomic E-state index is 12.3. The molecule has 2 heterocycles. The molecule has 0 bridgehead atoms. The summed E-state index contributed by atoms with van der Waals surface area (Å²) in [6.07, 6.45) is 1.24. The molecule has 2 aliphatic heterocycles. The number of cyclic esters (lactones) is 1. The third kappa shape index (κ3) is 2.86. The Labute approximate surface area is 130 Å². The lowest BCUT2D eigenvalue weighted by Gasteiger charge is -2.41. The Morgan fingerprint density at radius 2 is 2.00 bits per heavy atom. The highest BCUT2D eigenvalue weighted by Gasteiger charge is 2.40. The summed E-state index contributed by atoms with van der Waals surface area (Å²) < 4.78 is 5.19. The van der Waals surface area contributed by atoms with Crippen LogP contribution in [0, 0.1) is 0 Å². The molecular weight excluding hydrogens is 280 g/mol. The predicted octanol–water partition coefficient (Wildman–Crippen LogP) is 1.72. The molecule has 22 heavy (non-hydrogen) atoms. The number of hydrogen-bond acceptors (Lipinski definition) is 4. The Kier molecular flexibility index (Phi) is 4.16. The van der Waals surface area contributed by atoms with E-state index in [2.05, 4.69) is 22.3 Å². The van der Waals surface area contributed by atoms with Crippen molar-refractivity contribution in [1.82, 2.24) is 10.2 Å². The number of alkyl carbamates (subject to hydrolysis) is 1. The van der Waals surface area contributed by atoms with E-state index in [0.717, 1.165) is 38.0 Å².